The van der Waals surface area contributed by atoms with Crippen molar-refractivity contribution in [1.29, 1.82) is 0 Å². The largest absolute Gasteiger partial charge is 0.295 e. The highest BCUT2D eigenvalue weighted by molar-refractivity contribution is 5.91. The van der Waals surface area contributed by atoms with Crippen LogP contribution in [-0.4, -0.2) is 5.78 Å². The van der Waals surface area contributed by atoms with Gasteiger partial charge in [0.05, 0.1) is 0 Å². The van der Waals surface area contributed by atoms with Crippen molar-refractivity contribution in [3.05, 3.63) is 37.5 Å². The lowest BCUT2D eigenvalue weighted by molar-refractivity contribution is -0.113. The predicted octanol–water partition coefficient (Wildman–Crippen LogP) is 2.51. The third kappa shape index (κ3) is 15.8. The van der Waals surface area contributed by atoms with E-state index in [1.54, 1.807) is 19.1 Å². The Bertz CT molecular complexity index is 125. The number of ketones is 1. The van der Waals surface area contributed by atoms with E-state index in [1.165, 1.54) is 6.92 Å². The molecule has 0 aliphatic rings. The maximum absolute atomic E-state index is 10.0. The molecule has 0 aromatic rings. The van der Waals surface area contributed by atoms with Gasteiger partial charge in [-0.15, -0.1) is 0 Å². The standard InChI is InChI=1S/C5H8O.C4H6/c1-4(2)5(3)6;1-3-4-2/h1H2,2-3H3;3-4H,1-2H2. The van der Waals surface area contributed by atoms with Crippen LogP contribution < -0.4 is 0 Å². The van der Waals surface area contributed by atoms with E-state index in [0.29, 0.717) is 5.57 Å². The molecule has 0 bridgehead atoms. The van der Waals surface area contributed by atoms with Crippen molar-refractivity contribution >= 4 is 5.78 Å². The molecular weight excluding hydrogens is 124 g/mol. The minimum absolute atomic E-state index is 0.0648. The van der Waals surface area contributed by atoms with Crippen LogP contribution in [0.5, 0.6) is 0 Å². The van der Waals surface area contributed by atoms with E-state index in [2.05, 4.69) is 19.7 Å². The Morgan fingerprint density at radius 2 is 1.40 bits per heavy atom. The third-order valence-corrected chi connectivity index (χ3v) is 0.768. The second kappa shape index (κ2) is 7.89. The second-order valence-electron chi connectivity index (χ2n) is 1.81. The van der Waals surface area contributed by atoms with Gasteiger partial charge in [-0.3, -0.25) is 4.79 Å². The van der Waals surface area contributed by atoms with Crippen molar-refractivity contribution in [2.45, 2.75) is 13.8 Å². The van der Waals surface area contributed by atoms with Gasteiger partial charge < -0.3 is 0 Å². The van der Waals surface area contributed by atoms with Crippen molar-refractivity contribution in [3.8, 4) is 0 Å². The van der Waals surface area contributed by atoms with Gasteiger partial charge in [-0.2, -0.15) is 0 Å². The van der Waals surface area contributed by atoms with Crippen LogP contribution >= 0.6 is 0 Å². The maximum Gasteiger partial charge on any atom is 0.154 e. The fourth-order valence-corrected chi connectivity index (χ4v) is 0. The summed E-state index contributed by atoms with van der Waals surface area (Å²) in [6, 6.07) is 0. The summed E-state index contributed by atoms with van der Waals surface area (Å²) in [6.07, 6.45) is 3.28. The van der Waals surface area contributed by atoms with Crippen molar-refractivity contribution in [3.63, 3.8) is 0 Å². The SMILES string of the molecule is C=C(C)C(C)=O.C=CC=C. The molecule has 0 fully saturated rings. The molecule has 0 amide bonds. The van der Waals surface area contributed by atoms with E-state index in [9.17, 15) is 4.79 Å². The van der Waals surface area contributed by atoms with Crippen LogP contribution in [0.1, 0.15) is 13.8 Å². The molecular formula is C9H14O. The van der Waals surface area contributed by atoms with E-state index >= 15 is 0 Å². The lowest BCUT2D eigenvalue weighted by Gasteiger charge is -1.80. The van der Waals surface area contributed by atoms with Gasteiger partial charge in [-0.1, -0.05) is 31.9 Å². The Morgan fingerprint density at radius 1 is 1.20 bits per heavy atom. The second-order valence-corrected chi connectivity index (χ2v) is 1.81. The normalized spacial score (nSPS) is 6.60. The van der Waals surface area contributed by atoms with Gasteiger partial charge >= 0.3 is 0 Å². The summed E-state index contributed by atoms with van der Waals surface area (Å²) in [5.74, 6) is 0.0648. The quantitative estimate of drug-likeness (QED) is 0.423. The summed E-state index contributed by atoms with van der Waals surface area (Å²) < 4.78 is 0. The highest BCUT2D eigenvalue weighted by Crippen LogP contribution is 1.84. The molecule has 0 atom stereocenters. The molecule has 0 saturated carbocycles. The number of Topliss-reactive ketones (excluding diaryl/α,β-unsaturated/α-hetero) is 1. The summed E-state index contributed by atoms with van der Waals surface area (Å²) in [6.45, 7) is 13.3. The first-order chi connectivity index (χ1) is 4.56. The zero-order chi connectivity index (χ0) is 8.57. The Labute approximate surface area is 62.8 Å². The summed E-state index contributed by atoms with van der Waals surface area (Å²) in [4.78, 5) is 10.0. The van der Waals surface area contributed by atoms with Crippen LogP contribution in [0.3, 0.4) is 0 Å². The van der Waals surface area contributed by atoms with Gasteiger partial charge in [0.15, 0.2) is 5.78 Å². The molecule has 0 spiro atoms. The fraction of sp³-hybridized carbons (Fsp3) is 0.222. The molecule has 1 heteroatoms. The van der Waals surface area contributed by atoms with Gasteiger partial charge in [0.25, 0.3) is 0 Å². The summed E-state index contributed by atoms with van der Waals surface area (Å²) in [7, 11) is 0. The van der Waals surface area contributed by atoms with Crippen molar-refractivity contribution in [2.75, 3.05) is 0 Å². The minimum atomic E-state index is 0.0648. The summed E-state index contributed by atoms with van der Waals surface area (Å²) in [5.41, 5.74) is 0.620. The fourth-order valence-electron chi connectivity index (χ4n) is 0. The molecule has 56 valence electrons. The zero-order valence-electron chi connectivity index (χ0n) is 6.68. The molecule has 0 aliphatic carbocycles. The van der Waals surface area contributed by atoms with E-state index in [-0.39, 0.29) is 5.78 Å². The van der Waals surface area contributed by atoms with E-state index in [1.807, 2.05) is 0 Å². The highest BCUT2D eigenvalue weighted by atomic mass is 16.1. The monoisotopic (exact) mass is 138 g/mol. The van der Waals surface area contributed by atoms with Crippen molar-refractivity contribution < 1.29 is 4.79 Å². The topological polar surface area (TPSA) is 17.1 Å². The molecule has 0 aromatic heterocycles. The average molecular weight is 138 g/mol. The molecule has 0 heterocycles. The first-order valence-electron chi connectivity index (χ1n) is 2.96. The maximum atomic E-state index is 10.0. The molecule has 0 unspecified atom stereocenters. The minimum Gasteiger partial charge on any atom is -0.295 e. The zero-order valence-corrected chi connectivity index (χ0v) is 6.68. The van der Waals surface area contributed by atoms with Crippen LogP contribution in [-0.2, 0) is 4.79 Å². The lowest BCUT2D eigenvalue weighted by Crippen LogP contribution is -1.86. The van der Waals surface area contributed by atoms with Gasteiger partial charge in [-0.25, -0.2) is 0 Å². The lowest BCUT2D eigenvalue weighted by atomic mass is 10.3. The predicted molar refractivity (Wildman–Crippen MR) is 45.9 cm³/mol. The number of carbonyl (C=O) groups excluding carboxylic acids is 1. The molecule has 0 aliphatic heterocycles. The van der Waals surface area contributed by atoms with Gasteiger partial charge in [0.2, 0.25) is 0 Å². The molecule has 1 nitrogen and oxygen atoms in total. The number of carbonyl (C=O) groups is 1. The smallest absolute Gasteiger partial charge is 0.154 e. The molecule has 0 aromatic carbocycles. The first kappa shape index (κ1) is 11.7. The molecule has 0 saturated heterocycles. The van der Waals surface area contributed by atoms with Crippen LogP contribution in [0.15, 0.2) is 37.5 Å². The molecule has 0 radical (unpaired) electrons. The molecule has 0 N–H and O–H groups in total. The van der Waals surface area contributed by atoms with Crippen LogP contribution in [0.4, 0.5) is 0 Å². The average Bonchev–Trinajstić information content (AvgIpc) is 1.89. The van der Waals surface area contributed by atoms with Gasteiger partial charge in [0, 0.05) is 0 Å². The number of allylic oxidation sites excluding steroid dienone is 3. The van der Waals surface area contributed by atoms with Gasteiger partial charge in [0.1, 0.15) is 0 Å². The van der Waals surface area contributed by atoms with E-state index < -0.39 is 0 Å². The Balaban J connectivity index is 0. The van der Waals surface area contributed by atoms with E-state index in [0.717, 1.165) is 0 Å². The molecule has 10 heavy (non-hydrogen) atoms. The number of rotatable bonds is 2. The van der Waals surface area contributed by atoms with Crippen LogP contribution in [0, 0.1) is 0 Å². The van der Waals surface area contributed by atoms with E-state index in [4.69, 9.17) is 0 Å². The van der Waals surface area contributed by atoms with Crippen LogP contribution in [0.25, 0.3) is 0 Å². The van der Waals surface area contributed by atoms with Crippen molar-refractivity contribution in [1.82, 2.24) is 0 Å². The summed E-state index contributed by atoms with van der Waals surface area (Å²) >= 11 is 0. The Kier molecular flexibility index (Phi) is 9.20. The molecule has 0 rings (SSSR count). The number of hydrogen-bond donors (Lipinski definition) is 0. The highest BCUT2D eigenvalue weighted by Gasteiger charge is 1.85. The van der Waals surface area contributed by atoms with Crippen molar-refractivity contribution in [2.24, 2.45) is 0 Å². The Morgan fingerprint density at radius 3 is 1.40 bits per heavy atom. The third-order valence-electron chi connectivity index (χ3n) is 0.768. The Hall–Kier alpha value is -1.11. The van der Waals surface area contributed by atoms with Crippen LogP contribution in [0.2, 0.25) is 0 Å². The number of hydrogen-bond acceptors (Lipinski definition) is 1. The van der Waals surface area contributed by atoms with Gasteiger partial charge in [-0.05, 0) is 19.4 Å². The summed E-state index contributed by atoms with van der Waals surface area (Å²) in [5, 5.41) is 0. The first-order valence-corrected chi connectivity index (χ1v) is 2.96.